The van der Waals surface area contributed by atoms with E-state index in [0.717, 1.165) is 22.8 Å². The van der Waals surface area contributed by atoms with Gasteiger partial charge in [-0.15, -0.1) is 0 Å². The van der Waals surface area contributed by atoms with Crippen molar-refractivity contribution in [3.05, 3.63) is 64.8 Å². The van der Waals surface area contributed by atoms with Crippen molar-refractivity contribution in [2.75, 3.05) is 4.72 Å². The Morgan fingerprint density at radius 3 is 2.31 bits per heavy atom. The Kier molecular flexibility index (Phi) is 4.84. The summed E-state index contributed by atoms with van der Waals surface area (Å²) < 4.78 is 27.3. The SMILES string of the molecule is Cc1cccc(C)c1-c1cc(Cl)nc(NS(=O)(=O)c2cccc(O)c2)n1. The van der Waals surface area contributed by atoms with E-state index in [-0.39, 0.29) is 21.7 Å². The fourth-order valence-electron chi connectivity index (χ4n) is 2.64. The zero-order valence-corrected chi connectivity index (χ0v) is 15.6. The van der Waals surface area contributed by atoms with Crippen molar-refractivity contribution < 1.29 is 13.5 Å². The van der Waals surface area contributed by atoms with Crippen LogP contribution in [0.2, 0.25) is 5.15 Å². The number of nitrogens with zero attached hydrogens (tertiary/aromatic N) is 2. The monoisotopic (exact) mass is 389 g/mol. The van der Waals surface area contributed by atoms with Crippen LogP contribution in [0.3, 0.4) is 0 Å². The Labute approximate surface area is 156 Å². The van der Waals surface area contributed by atoms with E-state index in [0.29, 0.717) is 5.69 Å². The molecule has 0 spiro atoms. The number of phenolic OH excluding ortho intramolecular Hbond substituents is 1. The second-order valence-corrected chi connectivity index (χ2v) is 7.84. The number of aromatic hydroxyl groups is 1. The number of benzene rings is 2. The van der Waals surface area contributed by atoms with Gasteiger partial charge in [-0.2, -0.15) is 0 Å². The predicted octanol–water partition coefficient (Wildman–Crippen LogP) is 3.92. The quantitative estimate of drug-likeness (QED) is 0.660. The highest BCUT2D eigenvalue weighted by Crippen LogP contribution is 2.28. The Bertz CT molecular complexity index is 1060. The van der Waals surface area contributed by atoms with Crippen LogP contribution in [-0.2, 0) is 10.0 Å². The van der Waals surface area contributed by atoms with Gasteiger partial charge in [0.2, 0.25) is 5.95 Å². The Morgan fingerprint density at radius 1 is 1.00 bits per heavy atom. The summed E-state index contributed by atoms with van der Waals surface area (Å²) in [5.41, 5.74) is 3.37. The lowest BCUT2D eigenvalue weighted by atomic mass is 10.00. The molecule has 3 aromatic rings. The average Bonchev–Trinajstić information content (AvgIpc) is 2.53. The highest BCUT2D eigenvalue weighted by molar-refractivity contribution is 7.92. The zero-order valence-electron chi connectivity index (χ0n) is 14.1. The van der Waals surface area contributed by atoms with Gasteiger partial charge in [-0.25, -0.2) is 23.1 Å². The first-order valence-corrected chi connectivity index (χ1v) is 9.55. The normalized spacial score (nSPS) is 11.3. The van der Waals surface area contributed by atoms with Gasteiger partial charge in [0.05, 0.1) is 10.6 Å². The van der Waals surface area contributed by atoms with Crippen LogP contribution in [0.5, 0.6) is 5.75 Å². The van der Waals surface area contributed by atoms with Crippen LogP contribution in [0.4, 0.5) is 5.95 Å². The molecule has 6 nitrogen and oxygen atoms in total. The molecule has 0 aliphatic heterocycles. The van der Waals surface area contributed by atoms with E-state index in [2.05, 4.69) is 14.7 Å². The summed E-state index contributed by atoms with van der Waals surface area (Å²) in [4.78, 5) is 8.16. The lowest BCUT2D eigenvalue weighted by Crippen LogP contribution is -2.15. The van der Waals surface area contributed by atoms with Gasteiger partial charge in [-0.1, -0.05) is 35.9 Å². The molecule has 0 atom stereocenters. The van der Waals surface area contributed by atoms with Crippen molar-refractivity contribution in [2.45, 2.75) is 18.7 Å². The van der Waals surface area contributed by atoms with Crippen molar-refractivity contribution in [3.63, 3.8) is 0 Å². The summed E-state index contributed by atoms with van der Waals surface area (Å²) in [5, 5.41) is 9.61. The van der Waals surface area contributed by atoms with Gasteiger partial charge in [0.15, 0.2) is 0 Å². The molecule has 3 rings (SSSR count). The van der Waals surface area contributed by atoms with Crippen LogP contribution in [0.25, 0.3) is 11.3 Å². The van der Waals surface area contributed by atoms with Crippen LogP contribution < -0.4 is 4.72 Å². The van der Waals surface area contributed by atoms with E-state index >= 15 is 0 Å². The van der Waals surface area contributed by atoms with Gasteiger partial charge >= 0.3 is 0 Å². The van der Waals surface area contributed by atoms with E-state index in [9.17, 15) is 13.5 Å². The van der Waals surface area contributed by atoms with Crippen molar-refractivity contribution in [2.24, 2.45) is 0 Å². The molecular weight excluding hydrogens is 374 g/mol. The third-order valence-electron chi connectivity index (χ3n) is 3.79. The van der Waals surface area contributed by atoms with Crippen molar-refractivity contribution in [3.8, 4) is 17.0 Å². The van der Waals surface area contributed by atoms with Gasteiger partial charge in [-0.3, -0.25) is 0 Å². The number of aromatic nitrogens is 2. The number of halogens is 1. The zero-order chi connectivity index (χ0) is 18.9. The van der Waals surface area contributed by atoms with Gasteiger partial charge in [0.25, 0.3) is 10.0 Å². The smallest absolute Gasteiger partial charge is 0.264 e. The fraction of sp³-hybridized carbons (Fsp3) is 0.111. The standard InChI is InChI=1S/C18H16ClN3O3S/c1-11-5-3-6-12(2)17(11)15-10-16(19)21-18(20-15)22-26(24,25)14-8-4-7-13(23)9-14/h3-10,23H,1-2H3,(H,20,21,22). The highest BCUT2D eigenvalue weighted by atomic mass is 35.5. The Hall–Kier alpha value is -2.64. The molecule has 8 heteroatoms. The first kappa shape index (κ1) is 18.2. The topological polar surface area (TPSA) is 92.2 Å². The molecule has 134 valence electrons. The summed E-state index contributed by atoms with van der Waals surface area (Å²) >= 11 is 6.08. The van der Waals surface area contributed by atoms with Crippen LogP contribution in [0, 0.1) is 13.8 Å². The average molecular weight is 390 g/mol. The van der Waals surface area contributed by atoms with Crippen molar-refractivity contribution in [1.29, 1.82) is 0 Å². The number of sulfonamides is 1. The Morgan fingerprint density at radius 2 is 1.65 bits per heavy atom. The van der Waals surface area contributed by atoms with Crippen molar-refractivity contribution >= 4 is 27.6 Å². The second kappa shape index (κ2) is 6.93. The van der Waals surface area contributed by atoms with E-state index in [1.165, 1.54) is 18.2 Å². The van der Waals surface area contributed by atoms with Crippen LogP contribution in [-0.4, -0.2) is 23.5 Å². The third-order valence-corrected chi connectivity index (χ3v) is 5.31. The number of aryl methyl sites for hydroxylation is 2. The lowest BCUT2D eigenvalue weighted by molar-refractivity contribution is 0.473. The molecule has 26 heavy (non-hydrogen) atoms. The Balaban J connectivity index is 2.04. The number of anilines is 1. The molecule has 0 amide bonds. The van der Waals surface area contributed by atoms with E-state index in [4.69, 9.17) is 11.6 Å². The summed E-state index contributed by atoms with van der Waals surface area (Å²) in [6.45, 7) is 3.88. The molecule has 0 bridgehead atoms. The number of hydrogen-bond acceptors (Lipinski definition) is 5. The molecule has 2 N–H and O–H groups in total. The van der Waals surface area contributed by atoms with Crippen LogP contribution >= 0.6 is 11.6 Å². The summed E-state index contributed by atoms with van der Waals surface area (Å²) in [7, 11) is -3.97. The molecule has 0 radical (unpaired) electrons. The fourth-order valence-corrected chi connectivity index (χ4v) is 3.81. The number of rotatable bonds is 4. The molecule has 2 aromatic carbocycles. The van der Waals surface area contributed by atoms with E-state index < -0.39 is 10.0 Å². The maximum Gasteiger partial charge on any atom is 0.264 e. The molecule has 1 heterocycles. The van der Waals surface area contributed by atoms with Crippen LogP contribution in [0.15, 0.2) is 53.4 Å². The number of nitrogens with one attached hydrogen (secondary N) is 1. The number of phenols is 1. The summed E-state index contributed by atoms with van der Waals surface area (Å²) in [5.74, 6) is -0.297. The molecule has 1 aromatic heterocycles. The summed E-state index contributed by atoms with van der Waals surface area (Å²) in [6, 6.07) is 12.7. The minimum absolute atomic E-state index is 0.102. The second-order valence-electron chi connectivity index (χ2n) is 5.77. The first-order valence-electron chi connectivity index (χ1n) is 7.69. The van der Waals surface area contributed by atoms with E-state index in [1.54, 1.807) is 6.07 Å². The minimum Gasteiger partial charge on any atom is -0.508 e. The molecule has 0 aliphatic rings. The molecule has 0 fully saturated rings. The van der Waals surface area contributed by atoms with Crippen LogP contribution in [0.1, 0.15) is 11.1 Å². The maximum absolute atomic E-state index is 12.5. The number of hydrogen-bond donors (Lipinski definition) is 2. The van der Waals surface area contributed by atoms with Gasteiger partial charge in [0.1, 0.15) is 10.9 Å². The minimum atomic E-state index is -3.97. The maximum atomic E-state index is 12.5. The lowest BCUT2D eigenvalue weighted by Gasteiger charge is -2.12. The van der Waals surface area contributed by atoms with E-state index in [1.807, 2.05) is 32.0 Å². The van der Waals surface area contributed by atoms with Gasteiger partial charge in [-0.05, 0) is 37.1 Å². The third kappa shape index (κ3) is 3.79. The van der Waals surface area contributed by atoms with Crippen molar-refractivity contribution in [1.82, 2.24) is 9.97 Å². The molecule has 0 saturated heterocycles. The molecule has 0 aliphatic carbocycles. The molecular formula is C18H16ClN3O3S. The molecule has 0 unspecified atom stereocenters. The largest absolute Gasteiger partial charge is 0.508 e. The first-order chi connectivity index (χ1) is 12.3. The van der Waals surface area contributed by atoms with Gasteiger partial charge in [0, 0.05) is 17.7 Å². The van der Waals surface area contributed by atoms with Gasteiger partial charge < -0.3 is 5.11 Å². The predicted molar refractivity (Wildman–Crippen MR) is 101 cm³/mol. The summed E-state index contributed by atoms with van der Waals surface area (Å²) in [6.07, 6.45) is 0. The highest BCUT2D eigenvalue weighted by Gasteiger charge is 2.18. The molecule has 0 saturated carbocycles.